The standard InChI is InChI=1S/C20H32O5/c1-2-3-6-9-15(21)12-13-17-16(18(22)14-19(17)23)10-7-4-5-8-11-20(24)25/h3-4,6-7,12-13,15-19,21-23H,2,5,8-11,14H2,1H3,(H,24,25)/b6-3-,7-4-,13-12+/t15-,16+,17+,18+,19+/m0/s1. The highest BCUT2D eigenvalue weighted by Crippen LogP contribution is 2.36. The van der Waals surface area contributed by atoms with Crippen molar-refractivity contribution in [1.82, 2.24) is 0 Å². The maximum absolute atomic E-state index is 10.5. The zero-order valence-corrected chi connectivity index (χ0v) is 15.0. The first-order valence-electron chi connectivity index (χ1n) is 9.20. The van der Waals surface area contributed by atoms with Gasteiger partial charge in [-0.05, 0) is 38.0 Å². The SMILES string of the molecule is CC/C=C\C[C@H](O)/C=C/[C@@H]1[C@@H](C/C=C\CCCC(=O)O)[C@H](O)C[C@H]1O. The Labute approximate surface area is 150 Å². The minimum absolute atomic E-state index is 0.0830. The van der Waals surface area contributed by atoms with E-state index in [-0.39, 0.29) is 18.3 Å². The van der Waals surface area contributed by atoms with E-state index in [0.717, 1.165) is 6.42 Å². The minimum atomic E-state index is -0.791. The molecule has 25 heavy (non-hydrogen) atoms. The van der Waals surface area contributed by atoms with Gasteiger partial charge in [-0.3, -0.25) is 4.79 Å². The fourth-order valence-electron chi connectivity index (χ4n) is 3.19. The summed E-state index contributed by atoms with van der Waals surface area (Å²) in [6.45, 7) is 2.04. The molecule has 1 aliphatic carbocycles. The Bertz CT molecular complexity index is 469. The molecule has 5 heteroatoms. The lowest BCUT2D eigenvalue weighted by atomic mass is 9.89. The number of hydrogen-bond acceptors (Lipinski definition) is 4. The Morgan fingerprint density at radius 2 is 1.92 bits per heavy atom. The Kier molecular flexibility index (Phi) is 10.4. The quantitative estimate of drug-likeness (QED) is 0.339. The smallest absolute Gasteiger partial charge is 0.303 e. The fourth-order valence-corrected chi connectivity index (χ4v) is 3.19. The van der Waals surface area contributed by atoms with Gasteiger partial charge in [-0.1, -0.05) is 43.4 Å². The van der Waals surface area contributed by atoms with Gasteiger partial charge in [-0.15, -0.1) is 0 Å². The summed E-state index contributed by atoms with van der Waals surface area (Å²) >= 11 is 0. The number of allylic oxidation sites excluding steroid dienone is 3. The molecule has 4 N–H and O–H groups in total. The summed E-state index contributed by atoms with van der Waals surface area (Å²) < 4.78 is 0. The molecule has 1 saturated carbocycles. The zero-order valence-electron chi connectivity index (χ0n) is 15.0. The number of aliphatic hydroxyl groups is 3. The molecule has 5 nitrogen and oxygen atoms in total. The molecule has 0 saturated heterocycles. The summed E-state index contributed by atoms with van der Waals surface area (Å²) in [6.07, 6.45) is 13.5. The molecule has 0 unspecified atom stereocenters. The van der Waals surface area contributed by atoms with Crippen LogP contribution in [-0.4, -0.2) is 44.7 Å². The molecule has 0 heterocycles. The number of aliphatic hydroxyl groups excluding tert-OH is 3. The van der Waals surface area contributed by atoms with Crippen LogP contribution >= 0.6 is 0 Å². The number of unbranched alkanes of at least 4 members (excludes halogenated alkanes) is 1. The van der Waals surface area contributed by atoms with E-state index in [2.05, 4.69) is 0 Å². The molecule has 1 rings (SSSR count). The van der Waals surface area contributed by atoms with Gasteiger partial charge in [0.2, 0.25) is 0 Å². The van der Waals surface area contributed by atoms with Crippen LogP contribution in [0, 0.1) is 11.8 Å². The Hall–Kier alpha value is -1.43. The molecule has 0 aromatic rings. The second-order valence-electron chi connectivity index (χ2n) is 6.67. The van der Waals surface area contributed by atoms with Crippen molar-refractivity contribution in [2.24, 2.45) is 11.8 Å². The van der Waals surface area contributed by atoms with E-state index in [0.29, 0.717) is 32.1 Å². The molecule has 142 valence electrons. The van der Waals surface area contributed by atoms with Crippen LogP contribution in [0.25, 0.3) is 0 Å². The van der Waals surface area contributed by atoms with Crippen molar-refractivity contribution < 1.29 is 25.2 Å². The van der Waals surface area contributed by atoms with Gasteiger partial charge in [0.15, 0.2) is 0 Å². The van der Waals surface area contributed by atoms with Crippen molar-refractivity contribution in [3.05, 3.63) is 36.5 Å². The van der Waals surface area contributed by atoms with Crippen LogP contribution in [-0.2, 0) is 4.79 Å². The van der Waals surface area contributed by atoms with Crippen molar-refractivity contribution >= 4 is 5.97 Å². The lowest BCUT2D eigenvalue weighted by molar-refractivity contribution is -0.137. The van der Waals surface area contributed by atoms with Gasteiger partial charge in [0.1, 0.15) is 0 Å². The number of carboxylic acids is 1. The average molecular weight is 352 g/mol. The third kappa shape index (κ3) is 8.47. The molecule has 5 atom stereocenters. The Morgan fingerprint density at radius 3 is 2.60 bits per heavy atom. The number of aliphatic carboxylic acids is 1. The van der Waals surface area contributed by atoms with Gasteiger partial charge in [0.05, 0.1) is 18.3 Å². The van der Waals surface area contributed by atoms with Gasteiger partial charge in [0.25, 0.3) is 0 Å². The summed E-state index contributed by atoms with van der Waals surface area (Å²) in [5.41, 5.74) is 0. The van der Waals surface area contributed by atoms with Crippen molar-refractivity contribution in [3.8, 4) is 0 Å². The second-order valence-corrected chi connectivity index (χ2v) is 6.67. The lowest BCUT2D eigenvalue weighted by Gasteiger charge is -2.19. The molecule has 1 fully saturated rings. The minimum Gasteiger partial charge on any atom is -0.481 e. The zero-order chi connectivity index (χ0) is 18.7. The van der Waals surface area contributed by atoms with Crippen LogP contribution in [0.4, 0.5) is 0 Å². The van der Waals surface area contributed by atoms with Crippen LogP contribution in [0.3, 0.4) is 0 Å². The molecule has 0 spiro atoms. The van der Waals surface area contributed by atoms with Gasteiger partial charge >= 0.3 is 5.97 Å². The van der Waals surface area contributed by atoms with Gasteiger partial charge < -0.3 is 20.4 Å². The van der Waals surface area contributed by atoms with Crippen molar-refractivity contribution in [2.45, 2.75) is 70.2 Å². The van der Waals surface area contributed by atoms with E-state index in [1.807, 2.05) is 37.3 Å². The number of rotatable bonds is 11. The van der Waals surface area contributed by atoms with E-state index in [4.69, 9.17) is 5.11 Å². The summed E-state index contributed by atoms with van der Waals surface area (Å²) in [7, 11) is 0. The molecule has 0 aliphatic heterocycles. The van der Waals surface area contributed by atoms with E-state index in [1.54, 1.807) is 6.08 Å². The first-order chi connectivity index (χ1) is 12.0. The molecular weight excluding hydrogens is 320 g/mol. The van der Waals surface area contributed by atoms with Crippen LogP contribution in [0.5, 0.6) is 0 Å². The average Bonchev–Trinajstić information content (AvgIpc) is 2.82. The summed E-state index contributed by atoms with van der Waals surface area (Å²) in [5.74, 6) is -1.05. The van der Waals surface area contributed by atoms with Gasteiger partial charge in [-0.25, -0.2) is 0 Å². The maximum atomic E-state index is 10.5. The fraction of sp³-hybridized carbons (Fsp3) is 0.650. The number of hydrogen-bond donors (Lipinski definition) is 4. The summed E-state index contributed by atoms with van der Waals surface area (Å²) in [5, 5.41) is 38.9. The highest BCUT2D eigenvalue weighted by atomic mass is 16.4. The summed E-state index contributed by atoms with van der Waals surface area (Å²) in [6, 6.07) is 0. The predicted molar refractivity (Wildman–Crippen MR) is 98.0 cm³/mol. The Balaban J connectivity index is 2.50. The van der Waals surface area contributed by atoms with Crippen LogP contribution in [0.1, 0.15) is 51.9 Å². The van der Waals surface area contributed by atoms with Crippen LogP contribution < -0.4 is 0 Å². The first-order valence-corrected chi connectivity index (χ1v) is 9.20. The molecule has 0 radical (unpaired) electrons. The van der Waals surface area contributed by atoms with E-state index in [9.17, 15) is 20.1 Å². The summed E-state index contributed by atoms with van der Waals surface area (Å²) in [4.78, 5) is 10.5. The van der Waals surface area contributed by atoms with Crippen LogP contribution in [0.2, 0.25) is 0 Å². The van der Waals surface area contributed by atoms with Crippen molar-refractivity contribution in [1.29, 1.82) is 0 Å². The molecular formula is C20H32O5. The third-order valence-electron chi connectivity index (χ3n) is 4.59. The highest BCUT2D eigenvalue weighted by Gasteiger charge is 2.39. The largest absolute Gasteiger partial charge is 0.481 e. The molecule has 0 aromatic heterocycles. The van der Waals surface area contributed by atoms with E-state index < -0.39 is 24.3 Å². The molecule has 0 aromatic carbocycles. The lowest BCUT2D eigenvalue weighted by Crippen LogP contribution is -2.20. The molecule has 0 bridgehead atoms. The van der Waals surface area contributed by atoms with Crippen LogP contribution in [0.15, 0.2) is 36.5 Å². The van der Waals surface area contributed by atoms with Gasteiger partial charge in [-0.2, -0.15) is 0 Å². The molecule has 0 amide bonds. The van der Waals surface area contributed by atoms with E-state index in [1.165, 1.54) is 0 Å². The third-order valence-corrected chi connectivity index (χ3v) is 4.59. The van der Waals surface area contributed by atoms with E-state index >= 15 is 0 Å². The normalized spacial score (nSPS) is 28.5. The first kappa shape index (κ1) is 21.6. The van der Waals surface area contributed by atoms with Gasteiger partial charge in [0, 0.05) is 18.8 Å². The number of carboxylic acid groups (broad SMARTS) is 1. The monoisotopic (exact) mass is 352 g/mol. The topological polar surface area (TPSA) is 98.0 Å². The second kappa shape index (κ2) is 12.0. The maximum Gasteiger partial charge on any atom is 0.303 e. The predicted octanol–water partition coefficient (Wildman–Crippen LogP) is 2.82. The van der Waals surface area contributed by atoms with Crippen molar-refractivity contribution in [2.75, 3.05) is 0 Å². The van der Waals surface area contributed by atoms with Crippen molar-refractivity contribution in [3.63, 3.8) is 0 Å². The number of carbonyl (C=O) groups is 1. The highest BCUT2D eigenvalue weighted by molar-refractivity contribution is 5.66. The Morgan fingerprint density at radius 1 is 1.16 bits per heavy atom. The molecule has 1 aliphatic rings.